The first-order valence-electron chi connectivity index (χ1n) is 7.48. The van der Waals surface area contributed by atoms with Crippen LogP contribution in [-0.4, -0.2) is 34.5 Å². The minimum absolute atomic E-state index is 0.00486. The van der Waals surface area contributed by atoms with E-state index in [2.05, 4.69) is 20.7 Å². The standard InChI is InChI=1S/C18H16N4O3/c1-25-14-8-7-13(17(23)9-14)11-19-22-18(24)16-10-15(20-21-16)12-5-3-2-4-6-12/h2-11,23H,1H3,(H,20,21)(H,22,24)/b19-11-. The fourth-order valence-electron chi connectivity index (χ4n) is 2.18. The Bertz CT molecular complexity index is 904. The highest BCUT2D eigenvalue weighted by Gasteiger charge is 2.10. The summed E-state index contributed by atoms with van der Waals surface area (Å²) in [5.74, 6) is 0.105. The SMILES string of the molecule is COc1ccc(/C=N\NC(=O)c2cc(-c3ccccc3)n[nH]2)c(O)c1. The van der Waals surface area contributed by atoms with E-state index in [1.165, 1.54) is 19.4 Å². The van der Waals surface area contributed by atoms with Gasteiger partial charge in [0.25, 0.3) is 5.91 Å². The van der Waals surface area contributed by atoms with Crippen molar-refractivity contribution in [3.63, 3.8) is 0 Å². The molecular formula is C18H16N4O3. The largest absolute Gasteiger partial charge is 0.507 e. The first kappa shape index (κ1) is 16.3. The first-order chi connectivity index (χ1) is 12.2. The van der Waals surface area contributed by atoms with Crippen LogP contribution in [0.25, 0.3) is 11.3 Å². The van der Waals surface area contributed by atoms with Gasteiger partial charge in [-0.25, -0.2) is 5.43 Å². The molecule has 1 amide bonds. The summed E-state index contributed by atoms with van der Waals surface area (Å²) in [7, 11) is 1.51. The monoisotopic (exact) mass is 336 g/mol. The van der Waals surface area contributed by atoms with E-state index in [0.29, 0.717) is 17.0 Å². The molecule has 0 bridgehead atoms. The molecule has 7 heteroatoms. The molecule has 126 valence electrons. The molecule has 0 spiro atoms. The molecule has 0 radical (unpaired) electrons. The van der Waals surface area contributed by atoms with Crippen LogP contribution in [0.1, 0.15) is 16.1 Å². The lowest BCUT2D eigenvalue weighted by atomic mass is 10.1. The zero-order valence-corrected chi connectivity index (χ0v) is 13.4. The molecule has 3 rings (SSSR count). The van der Waals surface area contributed by atoms with Gasteiger partial charge in [0, 0.05) is 17.2 Å². The van der Waals surface area contributed by atoms with Gasteiger partial charge in [-0.2, -0.15) is 10.2 Å². The molecule has 0 aliphatic heterocycles. The van der Waals surface area contributed by atoms with Gasteiger partial charge in [-0.15, -0.1) is 0 Å². The van der Waals surface area contributed by atoms with Gasteiger partial charge in [0.15, 0.2) is 0 Å². The fourth-order valence-corrected chi connectivity index (χ4v) is 2.18. The fraction of sp³-hybridized carbons (Fsp3) is 0.0556. The van der Waals surface area contributed by atoms with Gasteiger partial charge in [0.1, 0.15) is 17.2 Å². The molecule has 2 aromatic carbocycles. The van der Waals surface area contributed by atoms with Crippen molar-refractivity contribution in [1.82, 2.24) is 15.6 Å². The molecule has 0 fully saturated rings. The third-order valence-electron chi connectivity index (χ3n) is 3.50. The topological polar surface area (TPSA) is 99.6 Å². The number of carbonyl (C=O) groups is 1. The van der Waals surface area contributed by atoms with Crippen molar-refractivity contribution in [2.45, 2.75) is 0 Å². The second-order valence-corrected chi connectivity index (χ2v) is 5.16. The highest BCUT2D eigenvalue weighted by atomic mass is 16.5. The lowest BCUT2D eigenvalue weighted by molar-refractivity contribution is 0.0950. The number of rotatable bonds is 5. The van der Waals surface area contributed by atoms with Crippen LogP contribution in [0.2, 0.25) is 0 Å². The lowest BCUT2D eigenvalue weighted by Crippen LogP contribution is -2.18. The van der Waals surface area contributed by atoms with E-state index in [4.69, 9.17) is 4.74 Å². The molecule has 0 saturated heterocycles. The Kier molecular flexibility index (Phi) is 4.75. The number of aromatic nitrogens is 2. The number of phenols is 1. The van der Waals surface area contributed by atoms with Gasteiger partial charge >= 0.3 is 0 Å². The molecule has 3 aromatic rings. The number of benzene rings is 2. The molecule has 0 atom stereocenters. The molecule has 0 saturated carbocycles. The highest BCUT2D eigenvalue weighted by molar-refractivity contribution is 5.94. The quantitative estimate of drug-likeness (QED) is 0.492. The van der Waals surface area contributed by atoms with Gasteiger partial charge in [-0.05, 0) is 18.2 Å². The Morgan fingerprint density at radius 3 is 2.76 bits per heavy atom. The molecule has 0 unspecified atom stereocenters. The van der Waals surface area contributed by atoms with Gasteiger partial charge in [0.2, 0.25) is 0 Å². The summed E-state index contributed by atoms with van der Waals surface area (Å²) in [6, 6.07) is 15.9. The molecule has 3 N–H and O–H groups in total. The molecule has 0 aliphatic carbocycles. The number of phenolic OH excluding ortho intramolecular Hbond substituents is 1. The van der Waals surface area contributed by atoms with Crippen LogP contribution in [0.15, 0.2) is 59.7 Å². The summed E-state index contributed by atoms with van der Waals surface area (Å²) in [5, 5.41) is 20.5. The third-order valence-corrected chi connectivity index (χ3v) is 3.50. The molecule has 0 aliphatic rings. The average Bonchev–Trinajstić information content (AvgIpc) is 3.14. The zero-order valence-electron chi connectivity index (χ0n) is 13.4. The van der Waals surface area contributed by atoms with Crippen molar-refractivity contribution < 1.29 is 14.6 Å². The summed E-state index contributed by atoms with van der Waals surface area (Å²) in [6.07, 6.45) is 1.35. The van der Waals surface area contributed by atoms with Crippen molar-refractivity contribution in [2.24, 2.45) is 5.10 Å². The Hall–Kier alpha value is -3.61. The zero-order chi connectivity index (χ0) is 17.6. The molecule has 7 nitrogen and oxygen atoms in total. The van der Waals surface area contributed by atoms with E-state index in [0.717, 1.165) is 5.56 Å². The summed E-state index contributed by atoms with van der Waals surface area (Å²) in [6.45, 7) is 0. The van der Waals surface area contributed by atoms with Crippen LogP contribution in [0.3, 0.4) is 0 Å². The number of aromatic hydroxyl groups is 1. The van der Waals surface area contributed by atoms with E-state index in [9.17, 15) is 9.90 Å². The van der Waals surface area contributed by atoms with E-state index in [1.54, 1.807) is 18.2 Å². The maximum atomic E-state index is 12.1. The molecular weight excluding hydrogens is 320 g/mol. The van der Waals surface area contributed by atoms with Crippen molar-refractivity contribution >= 4 is 12.1 Å². The number of nitrogens with one attached hydrogen (secondary N) is 2. The Morgan fingerprint density at radius 1 is 1.24 bits per heavy atom. The van der Waals surface area contributed by atoms with Crippen molar-refractivity contribution in [2.75, 3.05) is 7.11 Å². The number of hydrogen-bond donors (Lipinski definition) is 3. The van der Waals surface area contributed by atoms with Crippen molar-refractivity contribution in [1.29, 1.82) is 0 Å². The lowest BCUT2D eigenvalue weighted by Gasteiger charge is -2.02. The minimum atomic E-state index is -0.432. The van der Waals surface area contributed by atoms with E-state index < -0.39 is 5.91 Å². The van der Waals surface area contributed by atoms with Crippen LogP contribution < -0.4 is 10.2 Å². The van der Waals surface area contributed by atoms with E-state index in [-0.39, 0.29) is 11.4 Å². The summed E-state index contributed by atoms with van der Waals surface area (Å²) in [4.78, 5) is 12.1. The summed E-state index contributed by atoms with van der Waals surface area (Å²) < 4.78 is 5.00. The summed E-state index contributed by atoms with van der Waals surface area (Å²) in [5.41, 5.74) is 4.70. The molecule has 1 aromatic heterocycles. The van der Waals surface area contributed by atoms with Gasteiger partial charge < -0.3 is 9.84 Å². The number of methoxy groups -OCH3 is 1. The first-order valence-corrected chi connectivity index (χ1v) is 7.48. The third kappa shape index (κ3) is 3.84. The van der Waals surface area contributed by atoms with Crippen LogP contribution in [0, 0.1) is 0 Å². The maximum Gasteiger partial charge on any atom is 0.289 e. The molecule has 1 heterocycles. The number of hydrazone groups is 1. The number of hydrogen-bond acceptors (Lipinski definition) is 5. The number of aromatic amines is 1. The number of carbonyl (C=O) groups excluding carboxylic acids is 1. The highest BCUT2D eigenvalue weighted by Crippen LogP contribution is 2.21. The van der Waals surface area contributed by atoms with Crippen LogP contribution in [0.5, 0.6) is 11.5 Å². The van der Waals surface area contributed by atoms with Gasteiger partial charge in [-0.1, -0.05) is 30.3 Å². The normalized spacial score (nSPS) is 10.8. The van der Waals surface area contributed by atoms with E-state index >= 15 is 0 Å². The number of amides is 1. The van der Waals surface area contributed by atoms with Crippen LogP contribution in [-0.2, 0) is 0 Å². The van der Waals surface area contributed by atoms with Crippen molar-refractivity contribution in [3.05, 3.63) is 65.9 Å². The van der Waals surface area contributed by atoms with Crippen LogP contribution >= 0.6 is 0 Å². The van der Waals surface area contributed by atoms with Crippen LogP contribution in [0.4, 0.5) is 0 Å². The van der Waals surface area contributed by atoms with Crippen molar-refractivity contribution in [3.8, 4) is 22.8 Å². The Labute approximate surface area is 144 Å². The number of nitrogens with zero attached hydrogens (tertiary/aromatic N) is 2. The second kappa shape index (κ2) is 7.31. The van der Waals surface area contributed by atoms with Gasteiger partial charge in [-0.3, -0.25) is 9.89 Å². The Morgan fingerprint density at radius 2 is 2.04 bits per heavy atom. The van der Waals surface area contributed by atoms with E-state index in [1.807, 2.05) is 30.3 Å². The maximum absolute atomic E-state index is 12.1. The Balaban J connectivity index is 1.66. The second-order valence-electron chi connectivity index (χ2n) is 5.16. The predicted molar refractivity (Wildman–Crippen MR) is 93.7 cm³/mol. The summed E-state index contributed by atoms with van der Waals surface area (Å²) >= 11 is 0. The smallest absolute Gasteiger partial charge is 0.289 e. The molecule has 25 heavy (non-hydrogen) atoms. The predicted octanol–water partition coefficient (Wildman–Crippen LogP) is 2.55. The van der Waals surface area contributed by atoms with Gasteiger partial charge in [0.05, 0.1) is 19.0 Å². The average molecular weight is 336 g/mol. The number of ether oxygens (including phenoxy) is 1. The minimum Gasteiger partial charge on any atom is -0.507 e. The number of H-pyrrole nitrogens is 1.